The van der Waals surface area contributed by atoms with Crippen molar-refractivity contribution in [1.82, 2.24) is 0 Å². The lowest BCUT2D eigenvalue weighted by Crippen LogP contribution is -2.33. The average molecular weight is 247 g/mol. The van der Waals surface area contributed by atoms with Crippen LogP contribution in [0.4, 0.5) is 5.69 Å². The van der Waals surface area contributed by atoms with Crippen LogP contribution in [0.2, 0.25) is 0 Å². The van der Waals surface area contributed by atoms with E-state index >= 15 is 0 Å². The number of anilines is 1. The van der Waals surface area contributed by atoms with Crippen LogP contribution in [-0.2, 0) is 0 Å². The lowest BCUT2D eigenvalue weighted by atomic mass is 9.92. The molecule has 1 aliphatic rings. The van der Waals surface area contributed by atoms with Crippen molar-refractivity contribution in [2.45, 2.75) is 45.6 Å². The van der Waals surface area contributed by atoms with Crippen LogP contribution in [-0.4, -0.2) is 18.2 Å². The standard InChI is InChI=1S/C16H25NO/c1-3-4-14-9-11-17(12-10-14)16-7-5-15(6-8-16)13(2)18/h5-8,13-14,18H,3-4,9-12H2,1-2H3. The highest BCUT2D eigenvalue weighted by molar-refractivity contribution is 5.48. The highest BCUT2D eigenvalue weighted by Crippen LogP contribution is 2.26. The van der Waals surface area contributed by atoms with Crippen molar-refractivity contribution in [2.75, 3.05) is 18.0 Å². The molecular weight excluding hydrogens is 222 g/mol. The monoisotopic (exact) mass is 247 g/mol. The second-order valence-corrected chi connectivity index (χ2v) is 5.49. The minimum atomic E-state index is -0.366. The number of aliphatic hydroxyl groups is 1. The quantitative estimate of drug-likeness (QED) is 0.875. The first kappa shape index (κ1) is 13.4. The molecule has 0 bridgehead atoms. The summed E-state index contributed by atoms with van der Waals surface area (Å²) in [6, 6.07) is 8.36. The Morgan fingerprint density at radius 1 is 1.22 bits per heavy atom. The number of hydrogen-bond donors (Lipinski definition) is 1. The fourth-order valence-corrected chi connectivity index (χ4v) is 2.85. The molecule has 100 valence electrons. The van der Waals surface area contributed by atoms with E-state index in [0.717, 1.165) is 11.5 Å². The number of piperidine rings is 1. The van der Waals surface area contributed by atoms with Crippen molar-refractivity contribution in [1.29, 1.82) is 0 Å². The summed E-state index contributed by atoms with van der Waals surface area (Å²) in [7, 11) is 0. The number of hydrogen-bond acceptors (Lipinski definition) is 2. The maximum atomic E-state index is 9.51. The van der Waals surface area contributed by atoms with Crippen LogP contribution in [0.5, 0.6) is 0 Å². The van der Waals surface area contributed by atoms with E-state index in [0.29, 0.717) is 0 Å². The summed E-state index contributed by atoms with van der Waals surface area (Å²) in [5, 5.41) is 9.51. The molecule has 2 rings (SSSR count). The lowest BCUT2D eigenvalue weighted by Gasteiger charge is -2.33. The maximum Gasteiger partial charge on any atom is 0.0761 e. The molecule has 1 unspecified atom stereocenters. The zero-order valence-electron chi connectivity index (χ0n) is 11.6. The van der Waals surface area contributed by atoms with Gasteiger partial charge in [0.15, 0.2) is 0 Å². The molecule has 2 nitrogen and oxygen atoms in total. The van der Waals surface area contributed by atoms with E-state index in [1.165, 1.54) is 44.5 Å². The second-order valence-electron chi connectivity index (χ2n) is 5.49. The van der Waals surface area contributed by atoms with Crippen LogP contribution < -0.4 is 4.90 Å². The summed E-state index contributed by atoms with van der Waals surface area (Å²) >= 11 is 0. The summed E-state index contributed by atoms with van der Waals surface area (Å²) in [6.07, 6.45) is 4.98. The molecule has 2 heteroatoms. The van der Waals surface area contributed by atoms with E-state index in [1.54, 1.807) is 0 Å². The Hall–Kier alpha value is -1.02. The fourth-order valence-electron chi connectivity index (χ4n) is 2.85. The Labute approximate surface area is 111 Å². The summed E-state index contributed by atoms with van der Waals surface area (Å²) in [5.41, 5.74) is 2.30. The van der Waals surface area contributed by atoms with Crippen molar-refractivity contribution in [3.63, 3.8) is 0 Å². The van der Waals surface area contributed by atoms with Crippen LogP contribution in [0.3, 0.4) is 0 Å². The molecule has 1 heterocycles. The van der Waals surface area contributed by atoms with E-state index in [-0.39, 0.29) is 6.10 Å². The van der Waals surface area contributed by atoms with Crippen molar-refractivity contribution in [3.05, 3.63) is 29.8 Å². The van der Waals surface area contributed by atoms with Gasteiger partial charge in [-0.05, 0) is 43.4 Å². The maximum absolute atomic E-state index is 9.51. The van der Waals surface area contributed by atoms with Crippen molar-refractivity contribution in [3.8, 4) is 0 Å². The van der Waals surface area contributed by atoms with Gasteiger partial charge in [-0.1, -0.05) is 31.9 Å². The van der Waals surface area contributed by atoms with Crippen molar-refractivity contribution < 1.29 is 5.11 Å². The molecule has 1 aliphatic heterocycles. The molecule has 0 spiro atoms. The molecule has 0 amide bonds. The Morgan fingerprint density at radius 3 is 2.33 bits per heavy atom. The summed E-state index contributed by atoms with van der Waals surface area (Å²) in [4.78, 5) is 2.47. The van der Waals surface area contributed by atoms with Gasteiger partial charge in [0, 0.05) is 18.8 Å². The van der Waals surface area contributed by atoms with Gasteiger partial charge in [0.25, 0.3) is 0 Å². The molecule has 1 atom stereocenters. The van der Waals surface area contributed by atoms with E-state index in [1.807, 2.05) is 19.1 Å². The molecule has 1 aromatic carbocycles. The second kappa shape index (κ2) is 6.24. The third-order valence-electron chi connectivity index (χ3n) is 4.05. The third kappa shape index (κ3) is 3.26. The zero-order chi connectivity index (χ0) is 13.0. The number of aliphatic hydroxyl groups excluding tert-OH is 1. The molecule has 1 N–H and O–H groups in total. The minimum absolute atomic E-state index is 0.366. The van der Waals surface area contributed by atoms with Crippen LogP contribution in [0.15, 0.2) is 24.3 Å². The van der Waals surface area contributed by atoms with E-state index in [9.17, 15) is 5.11 Å². The highest BCUT2D eigenvalue weighted by Gasteiger charge is 2.18. The summed E-state index contributed by atoms with van der Waals surface area (Å²) in [5.74, 6) is 0.933. The van der Waals surface area contributed by atoms with Crippen LogP contribution in [0.25, 0.3) is 0 Å². The Kier molecular flexibility index (Phi) is 4.65. The molecule has 18 heavy (non-hydrogen) atoms. The van der Waals surface area contributed by atoms with E-state index in [4.69, 9.17) is 0 Å². The molecular formula is C16H25NO. The first-order valence-electron chi connectivity index (χ1n) is 7.23. The van der Waals surface area contributed by atoms with Gasteiger partial charge in [0.05, 0.1) is 6.10 Å². The minimum Gasteiger partial charge on any atom is -0.389 e. The van der Waals surface area contributed by atoms with Crippen molar-refractivity contribution in [2.24, 2.45) is 5.92 Å². The predicted octanol–water partition coefficient (Wildman–Crippen LogP) is 3.76. The van der Waals surface area contributed by atoms with Crippen LogP contribution >= 0.6 is 0 Å². The van der Waals surface area contributed by atoms with E-state index in [2.05, 4.69) is 24.0 Å². The largest absolute Gasteiger partial charge is 0.389 e. The van der Waals surface area contributed by atoms with Gasteiger partial charge >= 0.3 is 0 Å². The number of nitrogens with zero attached hydrogens (tertiary/aromatic N) is 1. The van der Waals surface area contributed by atoms with Gasteiger partial charge in [0.1, 0.15) is 0 Å². The average Bonchev–Trinajstić information content (AvgIpc) is 2.40. The molecule has 1 fully saturated rings. The Bertz CT molecular complexity index is 350. The van der Waals surface area contributed by atoms with Crippen LogP contribution in [0, 0.1) is 5.92 Å². The fraction of sp³-hybridized carbons (Fsp3) is 0.625. The SMILES string of the molecule is CCCC1CCN(c2ccc(C(C)O)cc2)CC1. The Morgan fingerprint density at radius 2 is 1.83 bits per heavy atom. The molecule has 1 aromatic rings. The summed E-state index contributed by atoms with van der Waals surface area (Å²) < 4.78 is 0. The van der Waals surface area contributed by atoms with Crippen LogP contribution in [0.1, 0.15) is 51.2 Å². The molecule has 0 saturated carbocycles. The number of benzene rings is 1. The third-order valence-corrected chi connectivity index (χ3v) is 4.05. The van der Waals surface area contributed by atoms with Crippen molar-refractivity contribution >= 4 is 5.69 Å². The van der Waals surface area contributed by atoms with Gasteiger partial charge in [-0.25, -0.2) is 0 Å². The topological polar surface area (TPSA) is 23.5 Å². The van der Waals surface area contributed by atoms with Gasteiger partial charge < -0.3 is 10.0 Å². The normalized spacial score (nSPS) is 18.9. The number of rotatable bonds is 4. The lowest BCUT2D eigenvalue weighted by molar-refractivity contribution is 0.199. The first-order chi connectivity index (χ1) is 8.70. The van der Waals surface area contributed by atoms with Gasteiger partial charge in [0.2, 0.25) is 0 Å². The highest BCUT2D eigenvalue weighted by atomic mass is 16.3. The smallest absolute Gasteiger partial charge is 0.0761 e. The van der Waals surface area contributed by atoms with Gasteiger partial charge in [-0.15, -0.1) is 0 Å². The molecule has 0 aromatic heterocycles. The zero-order valence-corrected chi connectivity index (χ0v) is 11.6. The molecule has 1 saturated heterocycles. The molecule has 0 aliphatic carbocycles. The molecule has 0 radical (unpaired) electrons. The van der Waals surface area contributed by atoms with Gasteiger partial charge in [-0.2, -0.15) is 0 Å². The first-order valence-corrected chi connectivity index (χ1v) is 7.23. The summed E-state index contributed by atoms with van der Waals surface area (Å²) in [6.45, 7) is 6.45. The van der Waals surface area contributed by atoms with Gasteiger partial charge in [-0.3, -0.25) is 0 Å². The van der Waals surface area contributed by atoms with E-state index < -0.39 is 0 Å². The Balaban J connectivity index is 1.93. The predicted molar refractivity (Wildman–Crippen MR) is 76.9 cm³/mol.